The molecule has 1 aromatic carbocycles. The Morgan fingerprint density at radius 1 is 0.759 bits per heavy atom. The molecular weight excluding hydrogens is 424 g/mol. The molecule has 0 saturated carbocycles. The van der Waals surface area contributed by atoms with Gasteiger partial charge >= 0.3 is 18.0 Å². The van der Waals surface area contributed by atoms with Crippen molar-refractivity contribution in [1.29, 1.82) is 0 Å². The second-order valence-corrected chi connectivity index (χ2v) is 8.18. The average molecular weight is 445 g/mol. The molecule has 0 radical (unpaired) electrons. The van der Waals surface area contributed by atoms with E-state index >= 15 is 0 Å². The summed E-state index contributed by atoms with van der Waals surface area (Å²) in [7, 11) is -1.78. The Hall–Kier alpha value is -1.21. The number of hydrogen-bond acceptors (Lipinski definition) is 4. The Morgan fingerprint density at radius 3 is 1.72 bits per heavy atom. The normalized spacial score (nSPS) is 22.0. The molecule has 12 heteroatoms. The van der Waals surface area contributed by atoms with Crippen LogP contribution in [0.3, 0.4) is 0 Å². The molecule has 1 unspecified atom stereocenters. The minimum Gasteiger partial charge on any atom is -0.379 e. The first kappa shape index (κ1) is 22.5. The summed E-state index contributed by atoms with van der Waals surface area (Å²) in [5.74, 6) is 0. The minimum absolute atomic E-state index is 0.191. The Morgan fingerprint density at radius 2 is 1.24 bits per heavy atom. The molecular formula is C17H21F6N3O2S. The van der Waals surface area contributed by atoms with Crippen LogP contribution in [0.1, 0.15) is 0 Å². The van der Waals surface area contributed by atoms with Gasteiger partial charge < -0.3 is 9.47 Å². The summed E-state index contributed by atoms with van der Waals surface area (Å²) in [4.78, 5) is 0.639. The number of alkyl halides is 6. The summed E-state index contributed by atoms with van der Waals surface area (Å²) < 4.78 is 100. The number of morpholine rings is 2. The summed E-state index contributed by atoms with van der Waals surface area (Å²) in [6.45, 7) is -0.662. The van der Waals surface area contributed by atoms with Crippen molar-refractivity contribution >= 4 is 10.9 Å². The molecule has 0 bridgehead atoms. The van der Waals surface area contributed by atoms with E-state index < -0.39 is 42.0 Å². The van der Waals surface area contributed by atoms with E-state index in [9.17, 15) is 26.3 Å². The number of rotatable bonds is 4. The molecule has 2 fully saturated rings. The smallest absolute Gasteiger partial charge is 0.379 e. The van der Waals surface area contributed by atoms with Crippen LogP contribution >= 0.6 is 0 Å². The van der Waals surface area contributed by atoms with E-state index in [2.05, 4.69) is 4.36 Å². The molecule has 5 nitrogen and oxygen atoms in total. The van der Waals surface area contributed by atoms with Gasteiger partial charge in [0, 0.05) is 42.0 Å². The Bertz CT molecular complexity index is 687. The maximum Gasteiger partial charge on any atom is 0.437 e. The summed E-state index contributed by atoms with van der Waals surface area (Å²) in [5, 5.41) is 0. The topological polar surface area (TPSA) is 37.3 Å². The highest BCUT2D eigenvalue weighted by Gasteiger charge is 2.75. The maximum absolute atomic E-state index is 14.2. The first-order chi connectivity index (χ1) is 13.7. The number of ether oxygens (including phenoxy) is 2. The SMILES string of the molecule is FC(F)(F)C(/N=S(\c1ccccc1)N1CCOCC1)(N1CCOCC1)C(F)(F)F. The lowest BCUT2D eigenvalue weighted by Gasteiger charge is -2.45. The average Bonchev–Trinajstić information content (AvgIpc) is 2.69. The fraction of sp³-hybridized carbons (Fsp3) is 0.647. The van der Waals surface area contributed by atoms with Crippen LogP contribution < -0.4 is 0 Å². The quantitative estimate of drug-likeness (QED) is 0.667. The van der Waals surface area contributed by atoms with Crippen LogP contribution in [0.4, 0.5) is 26.3 Å². The summed E-state index contributed by atoms with van der Waals surface area (Å²) in [5.41, 5.74) is -4.32. The molecule has 1 aromatic rings. The summed E-state index contributed by atoms with van der Waals surface area (Å²) >= 11 is 0. The predicted molar refractivity (Wildman–Crippen MR) is 94.1 cm³/mol. The van der Waals surface area contributed by atoms with Crippen LogP contribution in [0.15, 0.2) is 39.6 Å². The zero-order valence-corrected chi connectivity index (χ0v) is 16.2. The lowest BCUT2D eigenvalue weighted by atomic mass is 10.1. The van der Waals surface area contributed by atoms with Crippen LogP contribution in [0, 0.1) is 0 Å². The molecule has 164 valence electrons. The van der Waals surface area contributed by atoms with E-state index in [0.29, 0.717) is 9.80 Å². The molecule has 0 aromatic heterocycles. The van der Waals surface area contributed by atoms with Gasteiger partial charge in [0.05, 0.1) is 26.4 Å². The van der Waals surface area contributed by atoms with E-state index in [1.54, 1.807) is 18.2 Å². The van der Waals surface area contributed by atoms with E-state index in [4.69, 9.17) is 9.47 Å². The number of benzene rings is 1. The van der Waals surface area contributed by atoms with Crippen LogP contribution in [-0.4, -0.2) is 79.8 Å². The molecule has 0 spiro atoms. The van der Waals surface area contributed by atoms with Gasteiger partial charge in [-0.05, 0) is 12.1 Å². The molecule has 0 N–H and O–H groups in total. The molecule has 0 amide bonds. The molecule has 3 rings (SSSR count). The largest absolute Gasteiger partial charge is 0.437 e. The Labute approximate surface area is 166 Å². The summed E-state index contributed by atoms with van der Waals surface area (Å²) in [6, 6.07) is 7.79. The third-order valence-electron chi connectivity index (χ3n) is 4.65. The van der Waals surface area contributed by atoms with E-state index in [1.807, 2.05) is 0 Å². The molecule has 0 aliphatic carbocycles. The fourth-order valence-electron chi connectivity index (χ4n) is 3.21. The van der Waals surface area contributed by atoms with E-state index in [-0.39, 0.29) is 39.5 Å². The van der Waals surface area contributed by atoms with Gasteiger partial charge in [0.2, 0.25) is 0 Å². The third kappa shape index (κ3) is 4.61. The summed E-state index contributed by atoms with van der Waals surface area (Å²) in [6.07, 6.45) is -11.3. The lowest BCUT2D eigenvalue weighted by Crippen LogP contribution is -2.68. The first-order valence-corrected chi connectivity index (χ1v) is 10.1. The highest BCUT2D eigenvalue weighted by atomic mass is 32.2. The molecule has 2 saturated heterocycles. The number of hydrogen-bond donors (Lipinski definition) is 0. The van der Waals surface area contributed by atoms with Gasteiger partial charge in [-0.2, -0.15) is 26.3 Å². The van der Waals surface area contributed by atoms with Crippen molar-refractivity contribution in [3.63, 3.8) is 0 Å². The molecule has 1 atom stereocenters. The zero-order chi connectivity index (χ0) is 21.1. The standard InChI is InChI=1S/C17H21F6N3O2S/c18-16(19,20)15(17(21,22)23,25-6-10-27-11-7-25)24-29(14-4-2-1-3-5-14)26-8-12-28-13-9-26/h1-5H,6-13H2. The predicted octanol–water partition coefficient (Wildman–Crippen LogP) is 3.25. The fourth-order valence-corrected chi connectivity index (χ4v) is 5.20. The minimum atomic E-state index is -5.66. The van der Waals surface area contributed by atoms with Crippen molar-refractivity contribution in [1.82, 2.24) is 9.21 Å². The maximum atomic E-state index is 14.2. The van der Waals surface area contributed by atoms with Gasteiger partial charge in [0.15, 0.2) is 0 Å². The number of nitrogens with zero attached hydrogens (tertiary/aromatic N) is 3. The first-order valence-electron chi connectivity index (χ1n) is 8.98. The van der Waals surface area contributed by atoms with Crippen LogP contribution in [0.5, 0.6) is 0 Å². The van der Waals surface area contributed by atoms with Gasteiger partial charge in [0.1, 0.15) is 0 Å². The van der Waals surface area contributed by atoms with Crippen LogP contribution in [0.25, 0.3) is 0 Å². The van der Waals surface area contributed by atoms with E-state index in [0.717, 1.165) is 0 Å². The van der Waals surface area contributed by atoms with Crippen molar-refractivity contribution in [3.05, 3.63) is 30.3 Å². The van der Waals surface area contributed by atoms with Crippen LogP contribution in [-0.2, 0) is 20.4 Å². The van der Waals surface area contributed by atoms with E-state index in [1.165, 1.54) is 16.4 Å². The van der Waals surface area contributed by atoms with Crippen molar-refractivity contribution in [2.24, 2.45) is 4.36 Å². The number of halogens is 6. The molecule has 2 aliphatic rings. The Kier molecular flexibility index (Phi) is 6.88. The van der Waals surface area contributed by atoms with Gasteiger partial charge in [-0.15, -0.1) is 0 Å². The lowest BCUT2D eigenvalue weighted by molar-refractivity contribution is -0.342. The highest BCUT2D eigenvalue weighted by Crippen LogP contribution is 2.49. The van der Waals surface area contributed by atoms with Crippen molar-refractivity contribution in [2.75, 3.05) is 52.6 Å². The van der Waals surface area contributed by atoms with Gasteiger partial charge in [0.25, 0.3) is 0 Å². The molecule has 29 heavy (non-hydrogen) atoms. The third-order valence-corrected chi connectivity index (χ3v) is 6.63. The second kappa shape index (κ2) is 8.88. The van der Waals surface area contributed by atoms with Crippen molar-refractivity contribution < 1.29 is 35.8 Å². The zero-order valence-electron chi connectivity index (χ0n) is 15.4. The monoisotopic (exact) mass is 445 g/mol. The second-order valence-electron chi connectivity index (χ2n) is 6.48. The molecule has 2 heterocycles. The Balaban J connectivity index is 2.21. The highest BCUT2D eigenvalue weighted by molar-refractivity contribution is 7.85. The van der Waals surface area contributed by atoms with Crippen molar-refractivity contribution in [2.45, 2.75) is 22.9 Å². The van der Waals surface area contributed by atoms with Crippen molar-refractivity contribution in [3.8, 4) is 0 Å². The van der Waals surface area contributed by atoms with Gasteiger partial charge in [-0.1, -0.05) is 18.2 Å². The molecule has 2 aliphatic heterocycles. The van der Waals surface area contributed by atoms with Gasteiger partial charge in [-0.25, -0.2) is 8.67 Å². The van der Waals surface area contributed by atoms with Crippen LogP contribution in [0.2, 0.25) is 0 Å². The van der Waals surface area contributed by atoms with Gasteiger partial charge in [-0.3, -0.25) is 4.90 Å².